The van der Waals surface area contributed by atoms with Crippen LogP contribution in [0.25, 0.3) is 0 Å². The summed E-state index contributed by atoms with van der Waals surface area (Å²) in [4.78, 5) is 13.8. The van der Waals surface area contributed by atoms with Crippen LogP contribution >= 0.6 is 0 Å². The molecular weight excluding hydrogens is 128 g/mol. The van der Waals surface area contributed by atoms with Gasteiger partial charge in [0.25, 0.3) is 6.67 Å². The predicted molar refractivity (Wildman–Crippen MR) is 26.1 cm³/mol. The van der Waals surface area contributed by atoms with Crippen LogP contribution in [0.5, 0.6) is 0 Å². The molecule has 0 unspecified atom stereocenters. The molecule has 1 heterocycles. The van der Waals surface area contributed by atoms with Gasteiger partial charge >= 0.3 is 0 Å². The largest absolute Gasteiger partial charge is 1.00 e. The number of rotatable bonds is 0. The number of hydrogen-bond acceptors (Lipinski definition) is 2. The topological polar surface area (TPSA) is 32.4 Å². The van der Waals surface area contributed by atoms with E-state index in [4.69, 9.17) is 0 Å². The number of allylic oxidation sites excluding steroid dienone is 1. The standard InChI is InChI=1S/C4H5N2O.ClH/c7-6-3-1-2-5-4-6;/h1-3H,4H2;1H/q+1;/p-1. The minimum Gasteiger partial charge on any atom is -1.00 e. The van der Waals surface area contributed by atoms with Crippen molar-refractivity contribution in [1.29, 1.82) is 0 Å². The second kappa shape index (κ2) is 3.32. The van der Waals surface area contributed by atoms with Crippen LogP contribution in [-0.2, 0) is 0 Å². The Hall–Kier alpha value is -0.700. The summed E-state index contributed by atoms with van der Waals surface area (Å²) in [6.45, 7) is 0.247. The summed E-state index contributed by atoms with van der Waals surface area (Å²) >= 11 is 0. The van der Waals surface area contributed by atoms with E-state index in [1.54, 1.807) is 12.3 Å². The van der Waals surface area contributed by atoms with Crippen LogP contribution in [0.1, 0.15) is 0 Å². The first-order chi connectivity index (χ1) is 3.39. The second-order valence-corrected chi connectivity index (χ2v) is 1.23. The third-order valence-electron chi connectivity index (χ3n) is 0.665. The zero-order valence-corrected chi connectivity index (χ0v) is 4.88. The molecule has 0 saturated carbocycles. The first kappa shape index (κ1) is 7.30. The third kappa shape index (κ3) is 1.84. The van der Waals surface area contributed by atoms with Crippen molar-refractivity contribution in [1.82, 2.24) is 0 Å². The minimum atomic E-state index is 0. The molecule has 0 bridgehead atoms. The van der Waals surface area contributed by atoms with Gasteiger partial charge < -0.3 is 12.4 Å². The van der Waals surface area contributed by atoms with Crippen molar-refractivity contribution >= 4 is 6.21 Å². The van der Waals surface area contributed by atoms with Gasteiger partial charge in [-0.05, 0) is 0 Å². The first-order valence-corrected chi connectivity index (χ1v) is 2.00. The first-order valence-electron chi connectivity index (χ1n) is 2.00. The fourth-order valence-electron chi connectivity index (χ4n) is 0.370. The molecule has 3 nitrogen and oxygen atoms in total. The number of halogens is 1. The molecule has 0 aliphatic carbocycles. The maximum absolute atomic E-state index is 10.2. The summed E-state index contributed by atoms with van der Waals surface area (Å²) in [5.74, 6) is 0. The Morgan fingerprint density at radius 3 is 2.62 bits per heavy atom. The van der Waals surface area contributed by atoms with E-state index in [-0.39, 0.29) is 19.1 Å². The molecule has 0 atom stereocenters. The maximum atomic E-state index is 10.2. The lowest BCUT2D eigenvalue weighted by atomic mass is 10.6. The Kier molecular flexibility index (Phi) is 3.03. The van der Waals surface area contributed by atoms with Gasteiger partial charge in [-0.1, -0.05) is 0 Å². The van der Waals surface area contributed by atoms with E-state index in [9.17, 15) is 4.91 Å². The minimum absolute atomic E-state index is 0. The summed E-state index contributed by atoms with van der Waals surface area (Å²) < 4.78 is 0.764. The van der Waals surface area contributed by atoms with Gasteiger partial charge in [0.05, 0.1) is 4.76 Å². The average Bonchev–Trinajstić information content (AvgIpc) is 1.69. The molecule has 0 fully saturated rings. The van der Waals surface area contributed by atoms with Crippen molar-refractivity contribution in [2.24, 2.45) is 4.99 Å². The number of nitrogens with zero attached hydrogens (tertiary/aromatic N) is 2. The van der Waals surface area contributed by atoms with E-state index in [0.717, 1.165) is 4.76 Å². The molecule has 44 valence electrons. The Bertz CT molecular complexity index is 141. The Labute approximate surface area is 53.1 Å². The Balaban J connectivity index is 0.000000490. The van der Waals surface area contributed by atoms with Crippen LogP contribution < -0.4 is 12.4 Å². The molecule has 0 saturated heterocycles. The predicted octanol–water partition coefficient (Wildman–Crippen LogP) is -2.68. The van der Waals surface area contributed by atoms with E-state index in [2.05, 4.69) is 4.99 Å². The smallest absolute Gasteiger partial charge is 0.289 e. The highest BCUT2D eigenvalue weighted by molar-refractivity contribution is 5.70. The highest BCUT2D eigenvalue weighted by Gasteiger charge is 2.00. The summed E-state index contributed by atoms with van der Waals surface area (Å²) in [6.07, 6.45) is 4.65. The average molecular weight is 133 g/mol. The Morgan fingerprint density at radius 2 is 2.38 bits per heavy atom. The van der Waals surface area contributed by atoms with Crippen LogP contribution in [-0.4, -0.2) is 17.6 Å². The fraction of sp³-hybridized carbons (Fsp3) is 0.250. The number of aliphatic imine (C=N–C) groups is 1. The van der Waals surface area contributed by atoms with Gasteiger partial charge in [0.15, 0.2) is 0 Å². The van der Waals surface area contributed by atoms with Crippen molar-refractivity contribution in [3.63, 3.8) is 0 Å². The highest BCUT2D eigenvalue weighted by atomic mass is 35.5. The molecule has 1 aliphatic rings. The van der Waals surface area contributed by atoms with Crippen molar-refractivity contribution in [2.45, 2.75) is 0 Å². The summed E-state index contributed by atoms with van der Waals surface area (Å²) in [7, 11) is 0. The van der Waals surface area contributed by atoms with Crippen molar-refractivity contribution in [3.05, 3.63) is 17.2 Å². The zero-order chi connectivity index (χ0) is 5.11. The zero-order valence-electron chi connectivity index (χ0n) is 4.12. The van der Waals surface area contributed by atoms with Crippen LogP contribution in [0.2, 0.25) is 0 Å². The number of nitroso groups, excluding NO2 is 1. The molecule has 0 spiro atoms. The summed E-state index contributed by atoms with van der Waals surface area (Å²) in [5, 5.41) is 0. The molecule has 1 aliphatic heterocycles. The van der Waals surface area contributed by atoms with Crippen molar-refractivity contribution < 1.29 is 17.2 Å². The van der Waals surface area contributed by atoms with E-state index >= 15 is 0 Å². The van der Waals surface area contributed by atoms with E-state index in [0.29, 0.717) is 0 Å². The molecule has 8 heavy (non-hydrogen) atoms. The normalized spacial score (nSPS) is 15.8. The van der Waals surface area contributed by atoms with Crippen LogP contribution in [0.3, 0.4) is 0 Å². The molecular formula is C4H5ClN2O. The van der Waals surface area contributed by atoms with Crippen LogP contribution in [0.4, 0.5) is 0 Å². The maximum Gasteiger partial charge on any atom is 0.289 e. The highest BCUT2D eigenvalue weighted by Crippen LogP contribution is 1.82. The van der Waals surface area contributed by atoms with Crippen LogP contribution in [0.15, 0.2) is 17.3 Å². The van der Waals surface area contributed by atoms with Gasteiger partial charge in [0, 0.05) is 17.2 Å². The van der Waals surface area contributed by atoms with Crippen LogP contribution in [0, 0.1) is 4.91 Å². The molecule has 0 N–H and O–H groups in total. The van der Waals surface area contributed by atoms with Crippen molar-refractivity contribution in [3.8, 4) is 0 Å². The van der Waals surface area contributed by atoms with Gasteiger partial charge in [0.2, 0.25) is 6.20 Å². The summed E-state index contributed by atoms with van der Waals surface area (Å²) in [5.41, 5.74) is 0. The van der Waals surface area contributed by atoms with Gasteiger partial charge in [-0.25, -0.2) is 4.99 Å². The summed E-state index contributed by atoms with van der Waals surface area (Å²) in [6, 6.07) is 0. The lowest BCUT2D eigenvalue weighted by molar-refractivity contribution is -0.478. The second-order valence-electron chi connectivity index (χ2n) is 1.23. The number of hydrogen-bond donors (Lipinski definition) is 0. The van der Waals surface area contributed by atoms with Gasteiger partial charge in [-0.15, -0.1) is 0 Å². The molecule has 0 aromatic carbocycles. The van der Waals surface area contributed by atoms with Gasteiger partial charge in [-0.3, -0.25) is 0 Å². The van der Waals surface area contributed by atoms with Gasteiger partial charge in [-0.2, -0.15) is 0 Å². The molecule has 1 rings (SSSR count). The molecule has 0 aromatic heterocycles. The third-order valence-corrected chi connectivity index (χ3v) is 0.665. The molecule has 4 heteroatoms. The Morgan fingerprint density at radius 1 is 1.62 bits per heavy atom. The SMILES string of the molecule is O=[N+]1C=CC=NC1.[Cl-]. The van der Waals surface area contributed by atoms with Gasteiger partial charge in [0.1, 0.15) is 0 Å². The molecule has 0 aromatic rings. The molecule has 0 amide bonds. The monoisotopic (exact) mass is 132 g/mol. The lowest BCUT2D eigenvalue weighted by Crippen LogP contribution is -3.00. The van der Waals surface area contributed by atoms with E-state index in [1.165, 1.54) is 6.20 Å². The van der Waals surface area contributed by atoms with Crippen molar-refractivity contribution in [2.75, 3.05) is 6.67 Å². The lowest BCUT2D eigenvalue weighted by Gasteiger charge is -1.81. The van der Waals surface area contributed by atoms with E-state index < -0.39 is 0 Å². The van der Waals surface area contributed by atoms with E-state index in [1.807, 2.05) is 0 Å². The fourth-order valence-corrected chi connectivity index (χ4v) is 0.370. The molecule has 0 radical (unpaired) electrons. The quantitative estimate of drug-likeness (QED) is 0.331.